The van der Waals surface area contributed by atoms with E-state index in [1.54, 1.807) is 12.1 Å². The Hall–Kier alpha value is -2.86. The van der Waals surface area contributed by atoms with Crippen molar-refractivity contribution in [3.8, 4) is 23.3 Å². The second kappa shape index (κ2) is 8.49. The lowest BCUT2D eigenvalue weighted by Crippen LogP contribution is -2.31. The zero-order chi connectivity index (χ0) is 19.3. The molecule has 2 amide bonds. The van der Waals surface area contributed by atoms with Crippen molar-refractivity contribution in [2.45, 2.75) is 12.3 Å². The molecule has 0 saturated carbocycles. The summed E-state index contributed by atoms with van der Waals surface area (Å²) in [6, 6.07) is 5.54. The van der Waals surface area contributed by atoms with Gasteiger partial charge in [-0.15, -0.1) is 0 Å². The van der Waals surface area contributed by atoms with Crippen LogP contribution in [-0.4, -0.2) is 38.9 Å². The summed E-state index contributed by atoms with van der Waals surface area (Å²) in [5.74, 6) is -0.0581. The van der Waals surface area contributed by atoms with Crippen molar-refractivity contribution in [1.29, 1.82) is 5.26 Å². The molecule has 0 radical (unpaired) electrons. The second-order valence-electron chi connectivity index (χ2n) is 5.37. The lowest BCUT2D eigenvalue weighted by Gasteiger charge is -2.26. The molecule has 0 unspecified atom stereocenters. The van der Waals surface area contributed by atoms with Crippen LogP contribution >= 0.6 is 11.8 Å². The molecule has 8 nitrogen and oxygen atoms in total. The van der Waals surface area contributed by atoms with E-state index in [2.05, 4.69) is 11.4 Å². The van der Waals surface area contributed by atoms with Gasteiger partial charge in [0.15, 0.2) is 11.5 Å². The minimum Gasteiger partial charge on any atom is -0.493 e. The number of thioether (sulfide) groups is 1. The molecule has 1 aromatic rings. The van der Waals surface area contributed by atoms with Crippen molar-refractivity contribution in [2.24, 2.45) is 5.73 Å². The maximum atomic E-state index is 12.1. The minimum absolute atomic E-state index is 0.0389. The van der Waals surface area contributed by atoms with E-state index < -0.39 is 11.8 Å². The molecule has 1 atom stereocenters. The van der Waals surface area contributed by atoms with E-state index in [0.717, 1.165) is 11.8 Å². The van der Waals surface area contributed by atoms with Crippen LogP contribution in [-0.2, 0) is 9.59 Å². The first-order valence-electron chi connectivity index (χ1n) is 7.60. The van der Waals surface area contributed by atoms with E-state index in [0.29, 0.717) is 33.4 Å². The maximum absolute atomic E-state index is 12.1. The van der Waals surface area contributed by atoms with Crippen molar-refractivity contribution in [3.63, 3.8) is 0 Å². The van der Waals surface area contributed by atoms with E-state index >= 15 is 0 Å². The number of nitrogens with zero attached hydrogens (tertiary/aromatic N) is 1. The lowest BCUT2D eigenvalue weighted by atomic mass is 9.86. The highest BCUT2D eigenvalue weighted by Gasteiger charge is 2.31. The number of primary amides is 1. The smallest absolute Gasteiger partial charge is 0.227 e. The van der Waals surface area contributed by atoms with Gasteiger partial charge in [0.05, 0.1) is 43.8 Å². The molecule has 1 aliphatic heterocycles. The number of allylic oxidation sites excluding steroid dienone is 1. The summed E-state index contributed by atoms with van der Waals surface area (Å²) in [6.45, 7) is 0. The fourth-order valence-electron chi connectivity index (χ4n) is 2.66. The largest absolute Gasteiger partial charge is 0.493 e. The van der Waals surface area contributed by atoms with Gasteiger partial charge in [0, 0.05) is 12.3 Å². The van der Waals surface area contributed by atoms with Crippen LogP contribution in [0.15, 0.2) is 22.7 Å². The Morgan fingerprint density at radius 1 is 1.31 bits per heavy atom. The Balaban J connectivity index is 2.54. The van der Waals surface area contributed by atoms with Gasteiger partial charge in [0.25, 0.3) is 0 Å². The Bertz CT molecular complexity index is 775. The van der Waals surface area contributed by atoms with Gasteiger partial charge in [-0.25, -0.2) is 0 Å². The highest BCUT2D eigenvalue weighted by molar-refractivity contribution is 8.03. The predicted molar refractivity (Wildman–Crippen MR) is 95.9 cm³/mol. The maximum Gasteiger partial charge on any atom is 0.227 e. The van der Waals surface area contributed by atoms with Crippen molar-refractivity contribution in [2.75, 3.05) is 27.1 Å². The van der Waals surface area contributed by atoms with Gasteiger partial charge < -0.3 is 25.3 Å². The molecule has 0 bridgehead atoms. The van der Waals surface area contributed by atoms with Crippen LogP contribution in [0.2, 0.25) is 0 Å². The van der Waals surface area contributed by atoms with Crippen LogP contribution in [0.25, 0.3) is 0 Å². The van der Waals surface area contributed by atoms with Crippen LogP contribution in [0.4, 0.5) is 0 Å². The number of hydrogen-bond donors (Lipinski definition) is 2. The molecule has 26 heavy (non-hydrogen) atoms. The fraction of sp³-hybridized carbons (Fsp3) is 0.353. The van der Waals surface area contributed by atoms with Crippen LogP contribution < -0.4 is 25.3 Å². The Kier molecular flexibility index (Phi) is 6.36. The Morgan fingerprint density at radius 3 is 2.38 bits per heavy atom. The molecule has 9 heteroatoms. The molecule has 0 aliphatic carbocycles. The normalized spacial score (nSPS) is 16.5. The summed E-state index contributed by atoms with van der Waals surface area (Å²) in [7, 11) is 4.47. The predicted octanol–water partition coefficient (Wildman–Crippen LogP) is 1.27. The molecular formula is C17H19N3O5S. The van der Waals surface area contributed by atoms with Crippen molar-refractivity contribution in [3.05, 3.63) is 28.3 Å². The summed E-state index contributed by atoms with van der Waals surface area (Å²) >= 11 is 1.03. The van der Waals surface area contributed by atoms with Crippen molar-refractivity contribution in [1.82, 2.24) is 5.32 Å². The second-order valence-corrected chi connectivity index (χ2v) is 6.36. The number of carbonyl (C=O) groups is 2. The fourth-order valence-corrected chi connectivity index (χ4v) is 3.48. The lowest BCUT2D eigenvalue weighted by molar-refractivity contribution is -0.121. The number of methoxy groups -OCH3 is 3. The van der Waals surface area contributed by atoms with Crippen molar-refractivity contribution >= 4 is 23.6 Å². The number of benzene rings is 1. The van der Waals surface area contributed by atoms with Crippen LogP contribution in [0.3, 0.4) is 0 Å². The Labute approximate surface area is 155 Å². The number of rotatable bonds is 7. The topological polar surface area (TPSA) is 124 Å². The highest BCUT2D eigenvalue weighted by Crippen LogP contribution is 2.43. The molecule has 0 saturated heterocycles. The third-order valence-electron chi connectivity index (χ3n) is 3.80. The monoisotopic (exact) mass is 377 g/mol. The van der Waals surface area contributed by atoms with Crippen molar-refractivity contribution < 1.29 is 23.8 Å². The zero-order valence-corrected chi connectivity index (χ0v) is 15.4. The van der Waals surface area contributed by atoms with Gasteiger partial charge in [0.2, 0.25) is 17.6 Å². The van der Waals surface area contributed by atoms with Gasteiger partial charge in [-0.05, 0) is 17.7 Å². The molecule has 3 N–H and O–H groups in total. The third-order valence-corrected chi connectivity index (χ3v) is 4.84. The number of carbonyl (C=O) groups excluding carboxylic acids is 2. The van der Waals surface area contributed by atoms with E-state index in [1.807, 2.05) is 0 Å². The summed E-state index contributed by atoms with van der Waals surface area (Å²) in [4.78, 5) is 23.2. The summed E-state index contributed by atoms with van der Waals surface area (Å²) in [5.41, 5.74) is 6.18. The standard InChI is InChI=1S/C17H19N3O5S/c1-23-12-4-9(5-13(24-2)16(12)25-3)10-6-15(22)20-17(11(10)7-18)26-8-14(19)21/h4-5,10H,6,8H2,1-3H3,(H2,19,21)(H,20,22)/t10-/m0/s1. The zero-order valence-electron chi connectivity index (χ0n) is 14.6. The summed E-state index contributed by atoms with van der Waals surface area (Å²) in [5, 5.41) is 12.6. The first-order valence-corrected chi connectivity index (χ1v) is 8.58. The van der Waals surface area contributed by atoms with Gasteiger partial charge in [0.1, 0.15) is 0 Å². The van der Waals surface area contributed by atoms with E-state index in [9.17, 15) is 14.9 Å². The minimum atomic E-state index is -0.538. The number of ether oxygens (including phenoxy) is 3. The molecule has 1 aromatic carbocycles. The molecular weight excluding hydrogens is 358 g/mol. The molecule has 138 valence electrons. The summed E-state index contributed by atoms with van der Waals surface area (Å²) < 4.78 is 16.0. The molecule has 0 fully saturated rings. The number of nitrogens with one attached hydrogen (secondary N) is 1. The number of nitrogens with two attached hydrogens (primary N) is 1. The summed E-state index contributed by atoms with van der Waals surface area (Å²) in [6.07, 6.45) is 0.0855. The average molecular weight is 377 g/mol. The number of nitriles is 1. The first-order chi connectivity index (χ1) is 12.4. The van der Waals surface area contributed by atoms with Crippen LogP contribution in [0, 0.1) is 11.3 Å². The van der Waals surface area contributed by atoms with E-state index in [4.69, 9.17) is 19.9 Å². The Morgan fingerprint density at radius 2 is 1.92 bits per heavy atom. The highest BCUT2D eigenvalue weighted by atomic mass is 32.2. The quantitative estimate of drug-likeness (QED) is 0.733. The van der Waals surface area contributed by atoms with Crippen LogP contribution in [0.5, 0.6) is 17.2 Å². The number of hydrogen-bond acceptors (Lipinski definition) is 7. The molecule has 0 spiro atoms. The first kappa shape index (κ1) is 19.5. The molecule has 0 aromatic heterocycles. The van der Waals surface area contributed by atoms with Gasteiger partial charge >= 0.3 is 0 Å². The van der Waals surface area contributed by atoms with Gasteiger partial charge in [-0.2, -0.15) is 5.26 Å². The van der Waals surface area contributed by atoms with E-state index in [-0.39, 0.29) is 18.1 Å². The molecule has 2 rings (SSSR count). The van der Waals surface area contributed by atoms with Crippen LogP contribution in [0.1, 0.15) is 17.9 Å². The average Bonchev–Trinajstić information content (AvgIpc) is 2.64. The van der Waals surface area contributed by atoms with Gasteiger partial charge in [-0.1, -0.05) is 11.8 Å². The van der Waals surface area contributed by atoms with E-state index in [1.165, 1.54) is 21.3 Å². The van der Waals surface area contributed by atoms with Gasteiger partial charge in [-0.3, -0.25) is 9.59 Å². The number of amides is 2. The molecule has 1 aliphatic rings. The SMILES string of the molecule is COc1cc([C@@H]2CC(=O)NC(SCC(N)=O)=C2C#N)cc(OC)c1OC. The third kappa shape index (κ3) is 4.03. The molecule has 1 heterocycles.